The molecule has 0 bridgehead atoms. The predicted octanol–water partition coefficient (Wildman–Crippen LogP) is 3.29. The number of hydrogen-bond donors (Lipinski definition) is 2. The van der Waals surface area contributed by atoms with Gasteiger partial charge in [-0.1, -0.05) is 39.4 Å². The van der Waals surface area contributed by atoms with Gasteiger partial charge in [-0.25, -0.2) is 0 Å². The van der Waals surface area contributed by atoms with Gasteiger partial charge < -0.3 is 11.1 Å². The molecule has 3 N–H and O–H groups in total. The Morgan fingerprint density at radius 2 is 1.90 bits per heavy atom. The Bertz CT molecular complexity index is 802. The largest absolute Gasteiger partial charge is 0.374 e. The van der Waals surface area contributed by atoms with Gasteiger partial charge in [0.15, 0.2) is 0 Å². The Hall–Kier alpha value is -1.99. The second-order valence-corrected chi connectivity index (χ2v) is 6.03. The van der Waals surface area contributed by atoms with Gasteiger partial charge in [0.05, 0.1) is 0 Å². The maximum atomic E-state index is 12.0. The summed E-state index contributed by atoms with van der Waals surface area (Å²) in [5.74, 6) is -0.310. The normalized spacial score (nSPS) is 10.7. The third-order valence-corrected chi connectivity index (χ3v) is 3.94. The number of fused-ring (bicyclic) bond motifs is 1. The number of benzene rings is 2. The van der Waals surface area contributed by atoms with Gasteiger partial charge in [0.2, 0.25) is 10.1 Å². The molecular formula is C13H9BrN4OS. The first-order valence-corrected chi connectivity index (χ1v) is 7.32. The summed E-state index contributed by atoms with van der Waals surface area (Å²) < 4.78 is 1.02. The lowest BCUT2D eigenvalue weighted by Gasteiger charge is -2.05. The Labute approximate surface area is 127 Å². The van der Waals surface area contributed by atoms with E-state index in [2.05, 4.69) is 31.4 Å². The number of nitrogens with two attached hydrogens (primary N) is 1. The molecule has 0 aliphatic carbocycles. The van der Waals surface area contributed by atoms with E-state index in [9.17, 15) is 4.79 Å². The molecule has 0 atom stereocenters. The smallest absolute Gasteiger partial charge is 0.286 e. The van der Waals surface area contributed by atoms with Crippen LogP contribution in [0, 0.1) is 0 Å². The van der Waals surface area contributed by atoms with E-state index in [1.54, 1.807) is 0 Å². The van der Waals surface area contributed by atoms with Crippen LogP contribution in [0.5, 0.6) is 0 Å². The highest BCUT2D eigenvalue weighted by molar-refractivity contribution is 9.10. The number of nitrogens with zero attached hydrogens (tertiary/aromatic N) is 2. The molecule has 3 aromatic rings. The van der Waals surface area contributed by atoms with Crippen molar-refractivity contribution < 1.29 is 4.79 Å². The molecule has 0 aliphatic heterocycles. The summed E-state index contributed by atoms with van der Waals surface area (Å²) in [6, 6.07) is 11.7. The Morgan fingerprint density at radius 3 is 2.65 bits per heavy atom. The Balaban J connectivity index is 1.87. The van der Waals surface area contributed by atoms with Crippen LogP contribution in [-0.2, 0) is 0 Å². The van der Waals surface area contributed by atoms with Gasteiger partial charge in [0.1, 0.15) is 0 Å². The van der Waals surface area contributed by atoms with Crippen LogP contribution in [0.1, 0.15) is 9.80 Å². The molecular weight excluding hydrogens is 340 g/mol. The van der Waals surface area contributed by atoms with Crippen molar-refractivity contribution in [1.29, 1.82) is 0 Å². The summed E-state index contributed by atoms with van der Waals surface area (Å²) in [6.07, 6.45) is 0. The molecule has 20 heavy (non-hydrogen) atoms. The lowest BCUT2D eigenvalue weighted by molar-refractivity contribution is 0.102. The fraction of sp³-hybridized carbons (Fsp3) is 0. The summed E-state index contributed by atoms with van der Waals surface area (Å²) in [5, 5.41) is 12.8. The average Bonchev–Trinajstić information content (AvgIpc) is 2.86. The molecule has 0 radical (unpaired) electrons. The number of halogens is 1. The molecule has 0 spiro atoms. The summed E-state index contributed by atoms with van der Waals surface area (Å²) in [6.45, 7) is 0. The van der Waals surface area contributed by atoms with E-state index in [1.807, 2.05) is 36.4 Å². The number of nitrogen functional groups attached to an aromatic ring is 1. The Morgan fingerprint density at radius 1 is 1.15 bits per heavy atom. The quantitative estimate of drug-likeness (QED) is 0.744. The average molecular weight is 349 g/mol. The molecule has 1 amide bonds. The third-order valence-electron chi connectivity index (χ3n) is 2.70. The number of hydrogen-bond acceptors (Lipinski definition) is 5. The van der Waals surface area contributed by atoms with Gasteiger partial charge in [-0.2, -0.15) is 0 Å². The molecule has 0 unspecified atom stereocenters. The molecule has 3 rings (SSSR count). The summed E-state index contributed by atoms with van der Waals surface area (Å²) in [5.41, 5.74) is 6.17. The highest BCUT2D eigenvalue weighted by atomic mass is 79.9. The van der Waals surface area contributed by atoms with Crippen LogP contribution in [0.4, 0.5) is 10.8 Å². The molecule has 0 saturated carbocycles. The first-order valence-electron chi connectivity index (χ1n) is 5.71. The van der Waals surface area contributed by atoms with Crippen LogP contribution in [0.25, 0.3) is 10.8 Å². The number of amides is 1. The highest BCUT2D eigenvalue weighted by Crippen LogP contribution is 2.23. The summed E-state index contributed by atoms with van der Waals surface area (Å²) >= 11 is 4.49. The van der Waals surface area contributed by atoms with Crippen LogP contribution < -0.4 is 11.1 Å². The van der Waals surface area contributed by atoms with Crippen molar-refractivity contribution in [2.75, 3.05) is 11.1 Å². The number of aromatic nitrogens is 2. The summed E-state index contributed by atoms with van der Waals surface area (Å²) in [7, 11) is 0. The fourth-order valence-corrected chi connectivity index (χ4v) is 2.69. The maximum absolute atomic E-state index is 12.0. The first-order chi connectivity index (χ1) is 9.61. The van der Waals surface area contributed by atoms with E-state index in [0.29, 0.717) is 5.69 Å². The van der Waals surface area contributed by atoms with Crippen molar-refractivity contribution in [3.05, 3.63) is 45.9 Å². The molecule has 100 valence electrons. The number of carbonyl (C=O) groups is 1. The zero-order valence-corrected chi connectivity index (χ0v) is 12.5. The van der Waals surface area contributed by atoms with E-state index >= 15 is 0 Å². The zero-order chi connectivity index (χ0) is 14.1. The highest BCUT2D eigenvalue weighted by Gasteiger charge is 2.11. The van der Waals surface area contributed by atoms with Gasteiger partial charge >= 0.3 is 0 Å². The minimum absolute atomic E-state index is 0.249. The second kappa shape index (κ2) is 5.18. The van der Waals surface area contributed by atoms with Crippen molar-refractivity contribution in [2.24, 2.45) is 0 Å². The van der Waals surface area contributed by atoms with Crippen molar-refractivity contribution in [3.63, 3.8) is 0 Å². The number of anilines is 2. The van der Waals surface area contributed by atoms with Crippen molar-refractivity contribution >= 4 is 54.8 Å². The van der Waals surface area contributed by atoms with Crippen LogP contribution >= 0.6 is 27.3 Å². The molecule has 0 fully saturated rings. The van der Waals surface area contributed by atoms with Crippen LogP contribution in [0.15, 0.2) is 40.9 Å². The minimum atomic E-state index is -0.310. The maximum Gasteiger partial charge on any atom is 0.286 e. The van der Waals surface area contributed by atoms with Crippen molar-refractivity contribution in [1.82, 2.24) is 10.2 Å². The van der Waals surface area contributed by atoms with E-state index < -0.39 is 0 Å². The predicted molar refractivity (Wildman–Crippen MR) is 83.9 cm³/mol. The van der Waals surface area contributed by atoms with E-state index in [1.165, 1.54) is 0 Å². The first kappa shape index (κ1) is 13.0. The topological polar surface area (TPSA) is 80.9 Å². The third kappa shape index (κ3) is 2.63. The van der Waals surface area contributed by atoms with E-state index in [0.717, 1.165) is 26.6 Å². The fourth-order valence-electron chi connectivity index (χ4n) is 1.81. The Kier molecular flexibility index (Phi) is 3.37. The molecule has 7 heteroatoms. The minimum Gasteiger partial charge on any atom is -0.374 e. The van der Waals surface area contributed by atoms with Crippen LogP contribution in [0.3, 0.4) is 0 Å². The van der Waals surface area contributed by atoms with Crippen LogP contribution in [-0.4, -0.2) is 16.1 Å². The monoisotopic (exact) mass is 348 g/mol. The van der Waals surface area contributed by atoms with Gasteiger partial charge in [-0.05, 0) is 35.0 Å². The molecule has 0 aliphatic rings. The van der Waals surface area contributed by atoms with E-state index in [-0.39, 0.29) is 16.0 Å². The van der Waals surface area contributed by atoms with Gasteiger partial charge in [-0.15, -0.1) is 10.2 Å². The standard InChI is InChI=1S/C13H9BrN4OS/c14-9-3-1-8-6-10(4-2-7(8)5-9)16-11(19)12-17-18-13(15)20-12/h1-6H,(H2,15,18)(H,16,19). The number of carbonyl (C=O) groups excluding carboxylic acids is 1. The molecule has 2 aromatic carbocycles. The molecule has 0 saturated heterocycles. The lowest BCUT2D eigenvalue weighted by atomic mass is 10.1. The zero-order valence-electron chi connectivity index (χ0n) is 10.1. The molecule has 5 nitrogen and oxygen atoms in total. The number of rotatable bonds is 2. The molecule has 1 heterocycles. The van der Waals surface area contributed by atoms with Gasteiger partial charge in [0, 0.05) is 10.2 Å². The second-order valence-electron chi connectivity index (χ2n) is 4.11. The summed E-state index contributed by atoms with van der Waals surface area (Å²) in [4.78, 5) is 12.0. The lowest BCUT2D eigenvalue weighted by Crippen LogP contribution is -2.11. The van der Waals surface area contributed by atoms with Gasteiger partial charge in [0.25, 0.3) is 5.91 Å². The van der Waals surface area contributed by atoms with Crippen LogP contribution in [0.2, 0.25) is 0 Å². The molecule has 1 aromatic heterocycles. The van der Waals surface area contributed by atoms with Gasteiger partial charge in [-0.3, -0.25) is 4.79 Å². The number of nitrogens with one attached hydrogen (secondary N) is 1. The van der Waals surface area contributed by atoms with Crippen molar-refractivity contribution in [3.8, 4) is 0 Å². The van der Waals surface area contributed by atoms with Crippen molar-refractivity contribution in [2.45, 2.75) is 0 Å². The van der Waals surface area contributed by atoms with E-state index in [4.69, 9.17) is 5.73 Å². The SMILES string of the molecule is Nc1nnc(C(=O)Nc2ccc3cc(Br)ccc3c2)s1.